The van der Waals surface area contributed by atoms with Gasteiger partial charge in [0.1, 0.15) is 11.5 Å². The molecule has 4 rings (SSSR count). The third kappa shape index (κ3) is 3.49. The summed E-state index contributed by atoms with van der Waals surface area (Å²) in [7, 11) is 1.89. The van der Waals surface area contributed by atoms with E-state index in [4.69, 9.17) is 0 Å². The van der Waals surface area contributed by atoms with Crippen molar-refractivity contribution in [1.82, 2.24) is 24.9 Å². The summed E-state index contributed by atoms with van der Waals surface area (Å²) in [5, 5.41) is 11.5. The second-order valence-corrected chi connectivity index (χ2v) is 6.87. The highest BCUT2D eigenvalue weighted by molar-refractivity contribution is 5.94. The summed E-state index contributed by atoms with van der Waals surface area (Å²) in [4.78, 5) is 12.7. The number of benzene rings is 1. The zero-order chi connectivity index (χ0) is 18.8. The maximum Gasteiger partial charge on any atom is 0.272 e. The Labute approximate surface area is 157 Å². The molecule has 2 aromatic heterocycles. The molecule has 0 aliphatic heterocycles. The number of carbonyl (C=O) groups is 1. The summed E-state index contributed by atoms with van der Waals surface area (Å²) in [6.45, 7) is 0.565. The molecule has 0 radical (unpaired) electrons. The van der Waals surface area contributed by atoms with E-state index in [1.54, 1.807) is 27.6 Å². The molecule has 27 heavy (non-hydrogen) atoms. The number of rotatable bonds is 6. The van der Waals surface area contributed by atoms with Gasteiger partial charge in [-0.2, -0.15) is 10.2 Å². The van der Waals surface area contributed by atoms with E-state index >= 15 is 0 Å². The maximum atomic E-state index is 14.2. The largest absolute Gasteiger partial charge is 0.351 e. The molecule has 0 bridgehead atoms. The molecule has 1 aliphatic rings. The summed E-state index contributed by atoms with van der Waals surface area (Å²) >= 11 is 0. The molecular formula is C20H22FN5O. The van der Waals surface area contributed by atoms with Gasteiger partial charge in [-0.1, -0.05) is 12.1 Å². The lowest BCUT2D eigenvalue weighted by molar-refractivity contribution is 0.0947. The summed E-state index contributed by atoms with van der Waals surface area (Å²) in [6, 6.07) is 6.53. The fraction of sp³-hybridized carbons (Fsp3) is 0.350. The van der Waals surface area contributed by atoms with Crippen molar-refractivity contribution in [3.05, 3.63) is 65.0 Å². The highest BCUT2D eigenvalue weighted by Gasteiger charge is 2.27. The number of nitrogens with zero attached hydrogens (tertiary/aromatic N) is 4. The van der Waals surface area contributed by atoms with Gasteiger partial charge in [0.2, 0.25) is 0 Å². The normalized spacial score (nSPS) is 13.0. The summed E-state index contributed by atoms with van der Waals surface area (Å²) in [5.41, 5.74) is 3.86. The van der Waals surface area contributed by atoms with Crippen LogP contribution in [0.5, 0.6) is 0 Å². The smallest absolute Gasteiger partial charge is 0.272 e. The Morgan fingerprint density at radius 1 is 1.30 bits per heavy atom. The summed E-state index contributed by atoms with van der Waals surface area (Å²) in [5.74, 6) is -0.521. The van der Waals surface area contributed by atoms with E-state index in [0.717, 1.165) is 48.9 Å². The first-order valence-electron chi connectivity index (χ1n) is 9.25. The Balaban J connectivity index is 1.46. The second-order valence-electron chi connectivity index (χ2n) is 6.87. The maximum absolute atomic E-state index is 14.2. The highest BCUT2D eigenvalue weighted by Crippen LogP contribution is 2.28. The molecule has 0 spiro atoms. The van der Waals surface area contributed by atoms with Crippen LogP contribution in [0, 0.1) is 5.82 Å². The van der Waals surface area contributed by atoms with Gasteiger partial charge >= 0.3 is 0 Å². The fourth-order valence-electron chi connectivity index (χ4n) is 3.62. The van der Waals surface area contributed by atoms with Crippen molar-refractivity contribution in [2.75, 3.05) is 6.54 Å². The van der Waals surface area contributed by atoms with Crippen molar-refractivity contribution >= 4 is 5.91 Å². The van der Waals surface area contributed by atoms with Crippen molar-refractivity contribution in [2.45, 2.75) is 32.1 Å². The van der Waals surface area contributed by atoms with E-state index in [9.17, 15) is 9.18 Å². The number of aromatic nitrogens is 4. The standard InChI is InChI=1S/C20H22FN5O/c1-25-13-14(12-23-25)6-5-11-22-20(27)19-15-7-4-10-17(15)26(24-19)18-9-3-2-8-16(18)21/h2-3,8-9,12-13H,4-7,10-11H2,1H3,(H,22,27). The third-order valence-corrected chi connectivity index (χ3v) is 4.91. The number of hydrogen-bond donors (Lipinski definition) is 1. The number of fused-ring (bicyclic) bond motifs is 1. The zero-order valence-electron chi connectivity index (χ0n) is 15.3. The zero-order valence-corrected chi connectivity index (χ0v) is 15.3. The molecule has 0 atom stereocenters. The Kier molecular flexibility index (Phi) is 4.75. The molecule has 2 heterocycles. The molecule has 7 heteroatoms. The quantitative estimate of drug-likeness (QED) is 0.681. The molecule has 0 saturated carbocycles. The molecule has 0 unspecified atom stereocenters. The molecule has 0 fully saturated rings. The van der Waals surface area contributed by atoms with Gasteiger partial charge < -0.3 is 5.32 Å². The molecule has 140 valence electrons. The SMILES string of the molecule is Cn1cc(CCCNC(=O)c2nn(-c3ccccc3F)c3c2CCC3)cn1. The number of amides is 1. The van der Waals surface area contributed by atoms with Crippen LogP contribution in [0.2, 0.25) is 0 Å². The van der Waals surface area contributed by atoms with Crippen LogP contribution in [0.15, 0.2) is 36.7 Å². The first kappa shape index (κ1) is 17.5. The molecule has 0 saturated heterocycles. The minimum Gasteiger partial charge on any atom is -0.351 e. The van der Waals surface area contributed by atoms with Gasteiger partial charge in [0.25, 0.3) is 5.91 Å². The van der Waals surface area contributed by atoms with Crippen LogP contribution >= 0.6 is 0 Å². The van der Waals surface area contributed by atoms with Crippen LogP contribution in [0.1, 0.15) is 40.2 Å². The van der Waals surface area contributed by atoms with Crippen molar-refractivity contribution < 1.29 is 9.18 Å². The number of aryl methyl sites for hydroxylation is 2. The minimum atomic E-state index is -0.335. The summed E-state index contributed by atoms with van der Waals surface area (Å²) < 4.78 is 17.6. The lowest BCUT2D eigenvalue weighted by atomic mass is 10.2. The Bertz CT molecular complexity index is 975. The van der Waals surface area contributed by atoms with E-state index in [1.165, 1.54) is 6.07 Å². The van der Waals surface area contributed by atoms with Gasteiger partial charge in [-0.25, -0.2) is 9.07 Å². The van der Waals surface area contributed by atoms with Crippen molar-refractivity contribution in [2.24, 2.45) is 7.05 Å². The molecular weight excluding hydrogens is 345 g/mol. The minimum absolute atomic E-state index is 0.186. The average Bonchev–Trinajstić information content (AvgIpc) is 3.36. The second kappa shape index (κ2) is 7.34. The molecule has 1 amide bonds. The fourth-order valence-corrected chi connectivity index (χ4v) is 3.62. The van der Waals surface area contributed by atoms with E-state index in [0.29, 0.717) is 17.9 Å². The highest BCUT2D eigenvalue weighted by atomic mass is 19.1. The number of nitrogens with one attached hydrogen (secondary N) is 1. The van der Waals surface area contributed by atoms with Crippen molar-refractivity contribution in [3.8, 4) is 5.69 Å². The van der Waals surface area contributed by atoms with Crippen LogP contribution in [0.4, 0.5) is 4.39 Å². The van der Waals surface area contributed by atoms with Gasteiger partial charge in [0.05, 0.1) is 6.20 Å². The van der Waals surface area contributed by atoms with Crippen LogP contribution in [-0.2, 0) is 26.3 Å². The van der Waals surface area contributed by atoms with Crippen LogP contribution < -0.4 is 5.32 Å². The van der Waals surface area contributed by atoms with Gasteiger partial charge in [-0.3, -0.25) is 9.48 Å². The van der Waals surface area contributed by atoms with E-state index in [1.807, 2.05) is 19.4 Å². The number of hydrogen-bond acceptors (Lipinski definition) is 3. The van der Waals surface area contributed by atoms with Crippen LogP contribution in [0.25, 0.3) is 5.69 Å². The lowest BCUT2D eigenvalue weighted by Gasteiger charge is -2.06. The van der Waals surface area contributed by atoms with Crippen molar-refractivity contribution in [1.29, 1.82) is 0 Å². The van der Waals surface area contributed by atoms with Gasteiger partial charge in [0, 0.05) is 31.0 Å². The molecule has 6 nitrogen and oxygen atoms in total. The van der Waals surface area contributed by atoms with Crippen LogP contribution in [-0.4, -0.2) is 32.0 Å². The Morgan fingerprint density at radius 2 is 2.15 bits per heavy atom. The number of carbonyl (C=O) groups excluding carboxylic acids is 1. The van der Waals surface area contributed by atoms with Crippen LogP contribution in [0.3, 0.4) is 0 Å². The van der Waals surface area contributed by atoms with Gasteiger partial charge in [0.15, 0.2) is 5.69 Å². The molecule has 3 aromatic rings. The first-order valence-corrected chi connectivity index (χ1v) is 9.25. The molecule has 1 aromatic carbocycles. The Morgan fingerprint density at radius 3 is 2.93 bits per heavy atom. The average molecular weight is 367 g/mol. The van der Waals surface area contributed by atoms with Gasteiger partial charge in [-0.05, 0) is 49.8 Å². The number of para-hydroxylation sites is 1. The van der Waals surface area contributed by atoms with E-state index < -0.39 is 0 Å². The topological polar surface area (TPSA) is 64.7 Å². The van der Waals surface area contributed by atoms with E-state index in [-0.39, 0.29) is 11.7 Å². The molecule has 1 aliphatic carbocycles. The number of halogens is 1. The predicted octanol–water partition coefficient (Wildman–Crippen LogP) is 2.60. The Hall–Kier alpha value is -2.96. The molecule has 1 N–H and O–H groups in total. The lowest BCUT2D eigenvalue weighted by Crippen LogP contribution is -2.26. The monoisotopic (exact) mass is 367 g/mol. The van der Waals surface area contributed by atoms with Gasteiger partial charge in [-0.15, -0.1) is 0 Å². The predicted molar refractivity (Wildman–Crippen MR) is 99.4 cm³/mol. The van der Waals surface area contributed by atoms with Crippen molar-refractivity contribution in [3.63, 3.8) is 0 Å². The summed E-state index contributed by atoms with van der Waals surface area (Å²) in [6.07, 6.45) is 8.08. The van der Waals surface area contributed by atoms with E-state index in [2.05, 4.69) is 15.5 Å². The first-order chi connectivity index (χ1) is 13.1. The third-order valence-electron chi connectivity index (χ3n) is 4.91.